The lowest BCUT2D eigenvalue weighted by molar-refractivity contribution is -0.0506. The van der Waals surface area contributed by atoms with Crippen LogP contribution in [0.1, 0.15) is 53.7 Å². The van der Waals surface area contributed by atoms with Crippen LogP contribution in [0.2, 0.25) is 5.02 Å². The van der Waals surface area contributed by atoms with E-state index in [1.807, 2.05) is 6.07 Å². The minimum absolute atomic E-state index is 0.179. The summed E-state index contributed by atoms with van der Waals surface area (Å²) in [6.07, 6.45) is 8.99. The van der Waals surface area contributed by atoms with Crippen molar-refractivity contribution in [2.45, 2.75) is 50.2 Å². The largest absolute Gasteiger partial charge is 0.434 e. The lowest BCUT2D eigenvalue weighted by Crippen LogP contribution is -2.25. The number of rotatable bonds is 7. The Morgan fingerprint density at radius 2 is 1.94 bits per heavy atom. The molecule has 4 aromatic rings. The number of ether oxygens (including phenoxy) is 1. The second kappa shape index (κ2) is 10.4. The molecule has 1 atom stereocenters. The van der Waals surface area contributed by atoms with Crippen molar-refractivity contribution in [1.82, 2.24) is 15.0 Å². The number of aromatic amines is 1. The van der Waals surface area contributed by atoms with Gasteiger partial charge in [-0.15, -0.1) is 11.3 Å². The molecule has 5 nitrogen and oxygen atoms in total. The Morgan fingerprint density at radius 3 is 2.67 bits per heavy atom. The number of nitrogens with two attached hydrogens (primary N) is 1. The zero-order valence-electron chi connectivity index (χ0n) is 19.0. The van der Waals surface area contributed by atoms with Gasteiger partial charge in [-0.25, -0.2) is 14.4 Å². The van der Waals surface area contributed by atoms with E-state index in [-0.39, 0.29) is 17.4 Å². The van der Waals surface area contributed by atoms with Gasteiger partial charge in [-0.1, -0.05) is 11.6 Å². The number of nitrogens with one attached hydrogen (secondary N) is 1. The molecule has 3 N–H and O–H groups in total. The molecule has 0 amide bonds. The van der Waals surface area contributed by atoms with Gasteiger partial charge in [0.1, 0.15) is 23.9 Å². The molecule has 1 aromatic carbocycles. The summed E-state index contributed by atoms with van der Waals surface area (Å²) in [7, 11) is 0. The van der Waals surface area contributed by atoms with Crippen molar-refractivity contribution in [1.29, 1.82) is 0 Å². The molecule has 5 rings (SSSR count). The summed E-state index contributed by atoms with van der Waals surface area (Å²) < 4.78 is 59.3. The SMILES string of the molecule is NC1CCC(c2ncc(-c3cnc4[nH]cc([C@@H](CF)c5c(OC(F)F)ccc(F)c5Cl)c4c3)s2)CC1. The molecule has 3 aromatic heterocycles. The fourth-order valence-electron chi connectivity index (χ4n) is 4.81. The normalized spacial score (nSPS) is 19.2. The summed E-state index contributed by atoms with van der Waals surface area (Å²) in [5.74, 6) is -2.01. The van der Waals surface area contributed by atoms with Crippen LogP contribution in [-0.2, 0) is 0 Å². The van der Waals surface area contributed by atoms with Crippen LogP contribution in [0.25, 0.3) is 21.5 Å². The van der Waals surface area contributed by atoms with Crippen LogP contribution < -0.4 is 10.5 Å². The first kappa shape index (κ1) is 25.0. The highest BCUT2D eigenvalue weighted by molar-refractivity contribution is 7.15. The predicted octanol–water partition coefficient (Wildman–Crippen LogP) is 7.17. The molecule has 36 heavy (non-hydrogen) atoms. The number of halogens is 5. The Hall–Kier alpha value is -2.69. The molecular formula is C25H23ClF4N4OS. The maximum atomic E-state index is 14.4. The van der Waals surface area contributed by atoms with E-state index in [0.717, 1.165) is 53.3 Å². The number of hydrogen-bond donors (Lipinski definition) is 2. The maximum absolute atomic E-state index is 14.4. The van der Waals surface area contributed by atoms with Crippen LogP contribution >= 0.6 is 22.9 Å². The fourth-order valence-corrected chi connectivity index (χ4v) is 6.17. The molecule has 190 valence electrons. The average Bonchev–Trinajstić information content (AvgIpc) is 3.51. The number of pyridine rings is 1. The monoisotopic (exact) mass is 538 g/mol. The van der Waals surface area contributed by atoms with Crippen LogP contribution in [0.15, 0.2) is 36.8 Å². The number of hydrogen-bond acceptors (Lipinski definition) is 5. The van der Waals surface area contributed by atoms with Crippen molar-refractivity contribution < 1.29 is 22.3 Å². The second-order valence-electron chi connectivity index (χ2n) is 8.90. The van der Waals surface area contributed by atoms with E-state index in [2.05, 4.69) is 19.7 Å². The van der Waals surface area contributed by atoms with Gasteiger partial charge in [0.2, 0.25) is 0 Å². The zero-order chi connectivity index (χ0) is 25.4. The van der Waals surface area contributed by atoms with E-state index in [9.17, 15) is 17.6 Å². The summed E-state index contributed by atoms with van der Waals surface area (Å²) in [5.41, 5.74) is 7.51. The standard InChI is InChI=1S/C25H23ClF4N4OS/c26-22-18(28)5-6-19(35-25(29)30)21(22)16(8-27)17-10-33-23-15(17)7-13(9-32-23)20-11-34-24(36-20)12-1-3-14(31)4-2-12/h5-7,9-12,14,16,25H,1-4,8,31H2,(H,32,33)/t12?,14?,16-/m1/s1. The molecule has 0 saturated heterocycles. The van der Waals surface area contributed by atoms with E-state index < -0.39 is 30.0 Å². The highest BCUT2D eigenvalue weighted by Crippen LogP contribution is 2.43. The number of alkyl halides is 3. The summed E-state index contributed by atoms with van der Waals surface area (Å²) >= 11 is 7.71. The Labute approximate surface area is 213 Å². The molecule has 0 unspecified atom stereocenters. The number of H-pyrrole nitrogens is 1. The van der Waals surface area contributed by atoms with Crippen molar-refractivity contribution >= 4 is 34.0 Å². The first-order valence-corrected chi connectivity index (χ1v) is 12.7. The molecule has 1 saturated carbocycles. The number of fused-ring (bicyclic) bond motifs is 1. The lowest BCUT2D eigenvalue weighted by Gasteiger charge is -2.24. The average molecular weight is 539 g/mol. The van der Waals surface area contributed by atoms with Gasteiger partial charge in [-0.3, -0.25) is 4.39 Å². The van der Waals surface area contributed by atoms with Gasteiger partial charge >= 0.3 is 6.61 Å². The van der Waals surface area contributed by atoms with Crippen molar-refractivity contribution in [3.05, 3.63) is 63.8 Å². The Balaban J connectivity index is 1.53. The third-order valence-electron chi connectivity index (χ3n) is 6.68. The number of benzene rings is 1. The molecular weight excluding hydrogens is 516 g/mol. The van der Waals surface area contributed by atoms with E-state index in [1.165, 1.54) is 6.20 Å². The fraction of sp³-hybridized carbons (Fsp3) is 0.360. The van der Waals surface area contributed by atoms with Crippen LogP contribution in [0.4, 0.5) is 17.6 Å². The van der Waals surface area contributed by atoms with Crippen LogP contribution in [-0.4, -0.2) is 34.3 Å². The topological polar surface area (TPSA) is 76.8 Å². The highest BCUT2D eigenvalue weighted by Gasteiger charge is 2.28. The lowest BCUT2D eigenvalue weighted by atomic mass is 9.87. The van der Waals surface area contributed by atoms with Crippen LogP contribution in [0.5, 0.6) is 5.75 Å². The van der Waals surface area contributed by atoms with E-state index in [0.29, 0.717) is 22.5 Å². The maximum Gasteiger partial charge on any atom is 0.387 e. The van der Waals surface area contributed by atoms with Crippen LogP contribution in [0.3, 0.4) is 0 Å². The molecule has 0 spiro atoms. The molecule has 1 aliphatic rings. The quantitative estimate of drug-likeness (QED) is 0.245. The number of aromatic nitrogens is 3. The minimum Gasteiger partial charge on any atom is -0.434 e. The summed E-state index contributed by atoms with van der Waals surface area (Å²) in [6, 6.07) is 4.03. The summed E-state index contributed by atoms with van der Waals surface area (Å²) in [4.78, 5) is 13.0. The zero-order valence-corrected chi connectivity index (χ0v) is 20.6. The third-order valence-corrected chi connectivity index (χ3v) is 8.27. The number of nitrogens with zero attached hydrogens (tertiary/aromatic N) is 2. The molecule has 11 heteroatoms. The summed E-state index contributed by atoms with van der Waals surface area (Å²) in [6.45, 7) is -4.20. The van der Waals surface area contributed by atoms with E-state index >= 15 is 0 Å². The first-order valence-electron chi connectivity index (χ1n) is 11.5. The Morgan fingerprint density at radius 1 is 1.17 bits per heavy atom. The molecule has 0 radical (unpaired) electrons. The van der Waals surface area contributed by atoms with Crippen molar-refractivity contribution in [3.8, 4) is 16.2 Å². The smallest absolute Gasteiger partial charge is 0.387 e. The first-order chi connectivity index (χ1) is 17.4. The molecule has 1 aliphatic carbocycles. The van der Waals surface area contributed by atoms with Gasteiger partial charge in [0.15, 0.2) is 0 Å². The predicted molar refractivity (Wildman–Crippen MR) is 132 cm³/mol. The highest BCUT2D eigenvalue weighted by atomic mass is 35.5. The van der Waals surface area contributed by atoms with E-state index in [4.69, 9.17) is 17.3 Å². The Kier molecular flexibility index (Phi) is 7.18. The van der Waals surface area contributed by atoms with E-state index in [1.54, 1.807) is 23.7 Å². The van der Waals surface area contributed by atoms with Gasteiger partial charge in [0, 0.05) is 53.0 Å². The summed E-state index contributed by atoms with van der Waals surface area (Å²) in [5, 5.41) is 1.15. The minimum atomic E-state index is -3.18. The molecule has 0 bridgehead atoms. The van der Waals surface area contributed by atoms with Gasteiger partial charge in [-0.2, -0.15) is 8.78 Å². The third kappa shape index (κ3) is 4.81. The molecule has 0 aliphatic heterocycles. The van der Waals surface area contributed by atoms with Crippen LogP contribution in [0, 0.1) is 5.82 Å². The van der Waals surface area contributed by atoms with Gasteiger partial charge in [0.25, 0.3) is 0 Å². The molecule has 1 fully saturated rings. The second-order valence-corrected chi connectivity index (χ2v) is 10.3. The molecule has 3 heterocycles. The van der Waals surface area contributed by atoms with Crippen molar-refractivity contribution in [2.75, 3.05) is 6.67 Å². The van der Waals surface area contributed by atoms with Crippen molar-refractivity contribution in [2.24, 2.45) is 5.73 Å². The van der Waals surface area contributed by atoms with Crippen molar-refractivity contribution in [3.63, 3.8) is 0 Å². The van der Waals surface area contributed by atoms with Gasteiger partial charge in [-0.05, 0) is 49.4 Å². The van der Waals surface area contributed by atoms with Gasteiger partial charge < -0.3 is 15.5 Å². The number of thiazole rings is 1. The Bertz CT molecular complexity index is 1370. The van der Waals surface area contributed by atoms with Gasteiger partial charge in [0.05, 0.1) is 14.9 Å².